The van der Waals surface area contributed by atoms with E-state index in [1.54, 1.807) is 0 Å². The number of anilines is 1. The molecule has 0 bridgehead atoms. The van der Waals surface area contributed by atoms with Crippen LogP contribution in [0.5, 0.6) is 0 Å². The molecule has 2 N–H and O–H groups in total. The van der Waals surface area contributed by atoms with Crippen molar-refractivity contribution in [3.63, 3.8) is 0 Å². The van der Waals surface area contributed by atoms with E-state index >= 15 is 0 Å². The number of thioether (sulfide) groups is 1. The molecule has 1 fully saturated rings. The topological polar surface area (TPSA) is 29.3 Å². The lowest BCUT2D eigenvalue weighted by Gasteiger charge is -2.33. The number of benzene rings is 1. The molecule has 1 aromatic rings. The van der Waals surface area contributed by atoms with E-state index in [0.717, 1.165) is 25.9 Å². The van der Waals surface area contributed by atoms with Gasteiger partial charge in [0.2, 0.25) is 0 Å². The van der Waals surface area contributed by atoms with Gasteiger partial charge in [0.25, 0.3) is 0 Å². The van der Waals surface area contributed by atoms with Crippen molar-refractivity contribution < 1.29 is 0 Å². The van der Waals surface area contributed by atoms with Crippen molar-refractivity contribution in [2.45, 2.75) is 38.0 Å². The first-order valence-electron chi connectivity index (χ1n) is 7.00. The zero-order chi connectivity index (χ0) is 13.8. The monoisotopic (exact) mass is 342 g/mol. The molecular formula is C15H23BrN2S. The number of halogens is 1. The molecule has 0 aliphatic carbocycles. The highest BCUT2D eigenvalue weighted by Gasteiger charge is 2.18. The molecule has 106 valence electrons. The average molecular weight is 343 g/mol. The first-order valence-corrected chi connectivity index (χ1v) is 8.85. The van der Waals surface area contributed by atoms with Gasteiger partial charge in [-0.2, -0.15) is 11.8 Å². The van der Waals surface area contributed by atoms with Crippen LogP contribution < -0.4 is 10.6 Å². The maximum Gasteiger partial charge on any atom is 0.0511 e. The molecule has 0 saturated carbocycles. The fourth-order valence-corrected chi connectivity index (χ4v) is 4.11. The number of nitrogens with zero attached hydrogens (tertiary/aromatic N) is 1. The summed E-state index contributed by atoms with van der Waals surface area (Å²) >= 11 is 5.79. The first-order chi connectivity index (χ1) is 9.10. The smallest absolute Gasteiger partial charge is 0.0511 e. The summed E-state index contributed by atoms with van der Waals surface area (Å²) in [5.41, 5.74) is 8.67. The molecule has 1 aliphatic heterocycles. The van der Waals surface area contributed by atoms with Crippen molar-refractivity contribution in [2.75, 3.05) is 23.7 Å². The van der Waals surface area contributed by atoms with Crippen LogP contribution in [0.2, 0.25) is 0 Å². The summed E-state index contributed by atoms with van der Waals surface area (Å²) in [5.74, 6) is 1.22. The third-order valence-corrected chi connectivity index (χ3v) is 5.39. The van der Waals surface area contributed by atoms with E-state index in [4.69, 9.17) is 5.73 Å². The molecule has 0 aromatic heterocycles. The fourth-order valence-electron chi connectivity index (χ4n) is 2.42. The Morgan fingerprint density at radius 1 is 1.53 bits per heavy atom. The van der Waals surface area contributed by atoms with Gasteiger partial charge in [0.1, 0.15) is 0 Å². The van der Waals surface area contributed by atoms with Gasteiger partial charge >= 0.3 is 0 Å². The normalized spacial score (nSPS) is 21.5. The molecule has 2 rings (SSSR count). The largest absolute Gasteiger partial charge is 0.369 e. The molecule has 1 saturated heterocycles. The van der Waals surface area contributed by atoms with Gasteiger partial charge in [0.05, 0.1) is 5.69 Å². The third kappa shape index (κ3) is 4.14. The summed E-state index contributed by atoms with van der Waals surface area (Å²) in [4.78, 5) is 2.48. The van der Waals surface area contributed by atoms with Crippen LogP contribution in [0.15, 0.2) is 22.7 Å². The lowest BCUT2D eigenvalue weighted by molar-refractivity contribution is 0.646. The van der Waals surface area contributed by atoms with E-state index in [1.807, 2.05) is 0 Å². The van der Waals surface area contributed by atoms with Crippen LogP contribution in [-0.4, -0.2) is 30.1 Å². The van der Waals surface area contributed by atoms with Gasteiger partial charge in [-0.25, -0.2) is 0 Å². The Hall–Kier alpha value is -0.190. The van der Waals surface area contributed by atoms with Gasteiger partial charge in [0, 0.05) is 34.6 Å². The molecule has 0 radical (unpaired) electrons. The van der Waals surface area contributed by atoms with Crippen molar-refractivity contribution in [3.05, 3.63) is 28.2 Å². The molecule has 19 heavy (non-hydrogen) atoms. The van der Waals surface area contributed by atoms with E-state index in [9.17, 15) is 0 Å². The van der Waals surface area contributed by atoms with Crippen molar-refractivity contribution >= 4 is 33.4 Å². The third-order valence-electron chi connectivity index (χ3n) is 3.62. The van der Waals surface area contributed by atoms with Gasteiger partial charge < -0.3 is 10.6 Å². The van der Waals surface area contributed by atoms with Crippen LogP contribution in [0.3, 0.4) is 0 Å². The molecule has 1 aliphatic rings. The molecule has 4 heteroatoms. The van der Waals surface area contributed by atoms with Gasteiger partial charge in [-0.05, 0) is 46.5 Å². The minimum absolute atomic E-state index is 0.268. The van der Waals surface area contributed by atoms with E-state index < -0.39 is 0 Å². The zero-order valence-electron chi connectivity index (χ0n) is 11.7. The number of hydrogen-bond acceptors (Lipinski definition) is 3. The van der Waals surface area contributed by atoms with E-state index in [-0.39, 0.29) is 6.04 Å². The molecule has 0 spiro atoms. The highest BCUT2D eigenvalue weighted by atomic mass is 79.9. The first kappa shape index (κ1) is 15.2. The van der Waals surface area contributed by atoms with Crippen molar-refractivity contribution in [1.29, 1.82) is 0 Å². The number of hydrogen-bond donors (Lipinski definition) is 1. The van der Waals surface area contributed by atoms with Gasteiger partial charge in [0.15, 0.2) is 0 Å². The Kier molecular flexibility index (Phi) is 5.60. The predicted octanol–water partition coefficient (Wildman–Crippen LogP) is 3.67. The molecule has 2 atom stereocenters. The molecule has 1 aromatic carbocycles. The second kappa shape index (κ2) is 7.00. The minimum Gasteiger partial charge on any atom is -0.369 e. The maximum atomic E-state index is 6.03. The van der Waals surface area contributed by atoms with Crippen LogP contribution in [0.25, 0.3) is 0 Å². The zero-order valence-corrected chi connectivity index (χ0v) is 14.1. The van der Waals surface area contributed by atoms with Crippen LogP contribution in [0.4, 0.5) is 5.69 Å². The maximum absolute atomic E-state index is 6.03. The highest BCUT2D eigenvalue weighted by Crippen LogP contribution is 2.31. The lowest BCUT2D eigenvalue weighted by atomic mass is 10.0. The van der Waals surface area contributed by atoms with Gasteiger partial charge in [-0.1, -0.05) is 19.9 Å². The minimum atomic E-state index is 0.268. The molecule has 2 nitrogen and oxygen atoms in total. The summed E-state index contributed by atoms with van der Waals surface area (Å²) in [6, 6.07) is 6.97. The van der Waals surface area contributed by atoms with Crippen molar-refractivity contribution in [3.8, 4) is 0 Å². The van der Waals surface area contributed by atoms with Crippen molar-refractivity contribution in [2.24, 2.45) is 5.73 Å². The lowest BCUT2D eigenvalue weighted by Crippen LogP contribution is -2.36. The second-order valence-corrected chi connectivity index (χ2v) is 7.69. The highest BCUT2D eigenvalue weighted by molar-refractivity contribution is 9.10. The van der Waals surface area contributed by atoms with E-state index in [1.165, 1.54) is 21.5 Å². The second-order valence-electron chi connectivity index (χ2n) is 5.29. The summed E-state index contributed by atoms with van der Waals surface area (Å²) in [7, 11) is 0. The Bertz CT molecular complexity index is 425. The predicted molar refractivity (Wildman–Crippen MR) is 90.2 cm³/mol. The molecular weight excluding hydrogens is 320 g/mol. The van der Waals surface area contributed by atoms with E-state index in [2.05, 4.69) is 64.6 Å². The Morgan fingerprint density at radius 3 is 2.95 bits per heavy atom. The summed E-state index contributed by atoms with van der Waals surface area (Å²) in [5, 5.41) is 0.717. The van der Waals surface area contributed by atoms with Crippen LogP contribution >= 0.6 is 27.7 Å². The summed E-state index contributed by atoms with van der Waals surface area (Å²) < 4.78 is 1.20. The Balaban J connectivity index is 2.10. The molecule has 1 heterocycles. The Morgan fingerprint density at radius 2 is 2.32 bits per heavy atom. The summed E-state index contributed by atoms with van der Waals surface area (Å²) in [6.45, 7) is 6.72. The Labute approximate surface area is 129 Å². The quantitative estimate of drug-likeness (QED) is 0.904. The fraction of sp³-hybridized carbons (Fsp3) is 0.600. The number of rotatable bonds is 4. The SMILES string of the molecule is CCC(N)Cc1ccc(N2CCSC(C)C2)c(Br)c1. The average Bonchev–Trinajstić information content (AvgIpc) is 2.38. The summed E-state index contributed by atoms with van der Waals surface area (Å²) in [6.07, 6.45) is 1.99. The van der Waals surface area contributed by atoms with Crippen LogP contribution in [0, 0.1) is 0 Å². The number of nitrogens with two attached hydrogens (primary N) is 1. The molecule has 2 unspecified atom stereocenters. The van der Waals surface area contributed by atoms with Crippen LogP contribution in [-0.2, 0) is 6.42 Å². The van der Waals surface area contributed by atoms with Crippen LogP contribution in [0.1, 0.15) is 25.8 Å². The van der Waals surface area contributed by atoms with Gasteiger partial charge in [-0.15, -0.1) is 0 Å². The van der Waals surface area contributed by atoms with E-state index in [0.29, 0.717) is 5.25 Å². The standard InChI is InChI=1S/C15H23BrN2S/c1-3-13(17)8-12-4-5-15(14(16)9-12)18-6-7-19-11(2)10-18/h4-5,9,11,13H,3,6-8,10,17H2,1-2H3. The van der Waals surface area contributed by atoms with Crippen molar-refractivity contribution in [1.82, 2.24) is 0 Å². The van der Waals surface area contributed by atoms with Gasteiger partial charge in [-0.3, -0.25) is 0 Å². The molecule has 0 amide bonds.